The standard InChI is InChI=1S/C11H14BrNO2S/c1-8(2)7-15-6-5-13-11(14)9-3-4-10(12)16-9/h3-4H,1,5-7H2,2H3,(H,13,14). The summed E-state index contributed by atoms with van der Waals surface area (Å²) >= 11 is 4.73. The van der Waals surface area contributed by atoms with Crippen molar-refractivity contribution in [2.75, 3.05) is 19.8 Å². The summed E-state index contributed by atoms with van der Waals surface area (Å²) in [4.78, 5) is 12.3. The molecule has 88 valence electrons. The van der Waals surface area contributed by atoms with Crippen LogP contribution in [0.5, 0.6) is 0 Å². The van der Waals surface area contributed by atoms with Gasteiger partial charge in [0.05, 0.1) is 21.9 Å². The topological polar surface area (TPSA) is 38.3 Å². The number of amides is 1. The molecule has 0 fully saturated rings. The van der Waals surface area contributed by atoms with Crippen molar-refractivity contribution in [1.29, 1.82) is 0 Å². The zero-order valence-electron chi connectivity index (χ0n) is 9.09. The molecule has 0 saturated heterocycles. The van der Waals surface area contributed by atoms with Crippen molar-refractivity contribution < 1.29 is 9.53 Å². The van der Waals surface area contributed by atoms with E-state index >= 15 is 0 Å². The first-order valence-corrected chi connectivity index (χ1v) is 6.46. The molecular formula is C11H14BrNO2S. The van der Waals surface area contributed by atoms with Gasteiger partial charge in [-0.05, 0) is 35.0 Å². The summed E-state index contributed by atoms with van der Waals surface area (Å²) in [6.45, 7) is 7.19. The maximum absolute atomic E-state index is 11.6. The number of thiophene rings is 1. The van der Waals surface area contributed by atoms with E-state index in [-0.39, 0.29) is 5.91 Å². The number of ether oxygens (including phenoxy) is 1. The maximum Gasteiger partial charge on any atom is 0.261 e. The highest BCUT2D eigenvalue weighted by Gasteiger charge is 2.06. The number of halogens is 1. The van der Waals surface area contributed by atoms with E-state index < -0.39 is 0 Å². The highest BCUT2D eigenvalue weighted by Crippen LogP contribution is 2.21. The highest BCUT2D eigenvalue weighted by atomic mass is 79.9. The summed E-state index contributed by atoms with van der Waals surface area (Å²) in [6.07, 6.45) is 0. The van der Waals surface area contributed by atoms with Crippen LogP contribution in [0.1, 0.15) is 16.6 Å². The van der Waals surface area contributed by atoms with Crippen molar-refractivity contribution in [2.24, 2.45) is 0 Å². The average Bonchev–Trinajstić information content (AvgIpc) is 2.63. The molecule has 1 N–H and O–H groups in total. The Balaban J connectivity index is 2.18. The monoisotopic (exact) mass is 303 g/mol. The first-order valence-electron chi connectivity index (χ1n) is 4.85. The minimum absolute atomic E-state index is 0.0605. The molecule has 1 amide bonds. The molecule has 0 atom stereocenters. The van der Waals surface area contributed by atoms with E-state index in [0.29, 0.717) is 24.6 Å². The molecule has 1 aromatic heterocycles. The molecule has 1 heterocycles. The predicted molar refractivity (Wildman–Crippen MR) is 70.0 cm³/mol. The third kappa shape index (κ3) is 4.92. The third-order valence-electron chi connectivity index (χ3n) is 1.68. The van der Waals surface area contributed by atoms with Crippen LogP contribution in [0.2, 0.25) is 0 Å². The lowest BCUT2D eigenvalue weighted by Crippen LogP contribution is -2.26. The van der Waals surface area contributed by atoms with Gasteiger partial charge in [-0.25, -0.2) is 0 Å². The predicted octanol–water partition coefficient (Wildman–Crippen LogP) is 2.83. The molecule has 0 aliphatic rings. The molecule has 16 heavy (non-hydrogen) atoms. The molecule has 0 bridgehead atoms. The number of rotatable bonds is 6. The van der Waals surface area contributed by atoms with Gasteiger partial charge in [0.25, 0.3) is 5.91 Å². The Kier molecular flexibility index (Phi) is 5.73. The Morgan fingerprint density at radius 1 is 1.62 bits per heavy atom. The second kappa shape index (κ2) is 6.83. The molecule has 5 heteroatoms. The molecule has 0 aliphatic carbocycles. The molecule has 0 spiro atoms. The van der Waals surface area contributed by atoms with Gasteiger partial charge < -0.3 is 10.1 Å². The van der Waals surface area contributed by atoms with E-state index in [1.54, 1.807) is 6.07 Å². The molecule has 1 rings (SSSR count). The Bertz CT molecular complexity index is 376. The summed E-state index contributed by atoms with van der Waals surface area (Å²) in [5.41, 5.74) is 0.980. The summed E-state index contributed by atoms with van der Waals surface area (Å²) < 4.78 is 6.22. The van der Waals surface area contributed by atoms with Crippen LogP contribution in [0.25, 0.3) is 0 Å². The van der Waals surface area contributed by atoms with Gasteiger partial charge in [0, 0.05) is 6.54 Å². The second-order valence-corrected chi connectivity index (χ2v) is 5.83. The fourth-order valence-electron chi connectivity index (χ4n) is 1.01. The number of carbonyl (C=O) groups is 1. The van der Waals surface area contributed by atoms with E-state index in [1.165, 1.54) is 11.3 Å². The maximum atomic E-state index is 11.6. The zero-order valence-corrected chi connectivity index (χ0v) is 11.5. The van der Waals surface area contributed by atoms with Crippen LogP contribution >= 0.6 is 27.3 Å². The molecular weight excluding hydrogens is 290 g/mol. The van der Waals surface area contributed by atoms with Gasteiger partial charge in [0.2, 0.25) is 0 Å². The minimum Gasteiger partial charge on any atom is -0.375 e. The van der Waals surface area contributed by atoms with Crippen molar-refractivity contribution in [1.82, 2.24) is 5.32 Å². The van der Waals surface area contributed by atoms with Crippen LogP contribution in [0.15, 0.2) is 28.1 Å². The number of carbonyl (C=O) groups excluding carboxylic acids is 1. The van der Waals surface area contributed by atoms with Gasteiger partial charge in [-0.1, -0.05) is 12.2 Å². The van der Waals surface area contributed by atoms with E-state index in [0.717, 1.165) is 9.36 Å². The lowest BCUT2D eigenvalue weighted by Gasteiger charge is -2.04. The van der Waals surface area contributed by atoms with Gasteiger partial charge in [-0.2, -0.15) is 0 Å². The van der Waals surface area contributed by atoms with E-state index in [9.17, 15) is 4.79 Å². The Labute approximate surface area is 108 Å². The molecule has 0 unspecified atom stereocenters. The fraction of sp³-hybridized carbons (Fsp3) is 0.364. The van der Waals surface area contributed by atoms with Crippen LogP contribution < -0.4 is 5.32 Å². The molecule has 0 radical (unpaired) electrons. The van der Waals surface area contributed by atoms with Crippen molar-refractivity contribution in [3.8, 4) is 0 Å². The fourth-order valence-corrected chi connectivity index (χ4v) is 2.31. The normalized spacial score (nSPS) is 10.1. The van der Waals surface area contributed by atoms with E-state index in [4.69, 9.17) is 4.74 Å². The molecule has 1 aromatic rings. The SMILES string of the molecule is C=C(C)COCCNC(=O)c1ccc(Br)s1. The lowest BCUT2D eigenvalue weighted by molar-refractivity contribution is 0.0931. The van der Waals surface area contributed by atoms with E-state index in [2.05, 4.69) is 27.8 Å². The summed E-state index contributed by atoms with van der Waals surface area (Å²) in [5.74, 6) is -0.0605. The van der Waals surface area contributed by atoms with Gasteiger partial charge in [-0.15, -0.1) is 11.3 Å². The van der Waals surface area contributed by atoms with Crippen molar-refractivity contribution in [3.63, 3.8) is 0 Å². The van der Waals surface area contributed by atoms with Crippen LogP contribution in [0.3, 0.4) is 0 Å². The van der Waals surface area contributed by atoms with Gasteiger partial charge in [-0.3, -0.25) is 4.79 Å². The Morgan fingerprint density at radius 3 is 2.94 bits per heavy atom. The van der Waals surface area contributed by atoms with E-state index in [1.807, 2.05) is 13.0 Å². The van der Waals surface area contributed by atoms with Crippen molar-refractivity contribution in [3.05, 3.63) is 32.9 Å². The van der Waals surface area contributed by atoms with Crippen LogP contribution in [0, 0.1) is 0 Å². The number of nitrogens with one attached hydrogen (secondary N) is 1. The zero-order chi connectivity index (χ0) is 12.0. The van der Waals surface area contributed by atoms with Crippen LogP contribution in [0.4, 0.5) is 0 Å². The van der Waals surface area contributed by atoms with Crippen molar-refractivity contribution >= 4 is 33.2 Å². The minimum atomic E-state index is -0.0605. The van der Waals surface area contributed by atoms with Crippen molar-refractivity contribution in [2.45, 2.75) is 6.92 Å². The average molecular weight is 304 g/mol. The van der Waals surface area contributed by atoms with Crippen LogP contribution in [-0.2, 0) is 4.74 Å². The molecule has 0 saturated carbocycles. The number of hydrogen-bond acceptors (Lipinski definition) is 3. The lowest BCUT2D eigenvalue weighted by atomic mass is 10.4. The quantitative estimate of drug-likeness (QED) is 0.648. The summed E-state index contributed by atoms with van der Waals surface area (Å²) in [7, 11) is 0. The third-order valence-corrected chi connectivity index (χ3v) is 3.30. The summed E-state index contributed by atoms with van der Waals surface area (Å²) in [5, 5.41) is 2.78. The van der Waals surface area contributed by atoms with Gasteiger partial charge in [0.1, 0.15) is 0 Å². The molecule has 0 aliphatic heterocycles. The van der Waals surface area contributed by atoms with Crippen LogP contribution in [-0.4, -0.2) is 25.7 Å². The van der Waals surface area contributed by atoms with Gasteiger partial charge in [0.15, 0.2) is 0 Å². The molecule has 0 aromatic carbocycles. The first kappa shape index (κ1) is 13.4. The first-order chi connectivity index (χ1) is 7.59. The number of hydrogen-bond donors (Lipinski definition) is 1. The Hall–Kier alpha value is -0.650. The Morgan fingerprint density at radius 2 is 2.38 bits per heavy atom. The highest BCUT2D eigenvalue weighted by molar-refractivity contribution is 9.11. The summed E-state index contributed by atoms with van der Waals surface area (Å²) in [6, 6.07) is 3.65. The second-order valence-electron chi connectivity index (χ2n) is 3.37. The van der Waals surface area contributed by atoms with Gasteiger partial charge >= 0.3 is 0 Å². The smallest absolute Gasteiger partial charge is 0.261 e. The largest absolute Gasteiger partial charge is 0.375 e. The molecule has 3 nitrogen and oxygen atoms in total.